The Kier molecular flexibility index (Phi) is 3.61. The molecule has 0 saturated heterocycles. The number of nitrogen functional groups attached to an aromatic ring is 1. The summed E-state index contributed by atoms with van der Waals surface area (Å²) in [5.41, 5.74) is 7.67. The van der Waals surface area contributed by atoms with Gasteiger partial charge in [0.05, 0.1) is 7.11 Å². The predicted molar refractivity (Wildman–Crippen MR) is 79.7 cm³/mol. The van der Waals surface area contributed by atoms with Crippen molar-refractivity contribution in [2.75, 3.05) is 12.8 Å². The number of aromatic nitrogens is 3. The molecule has 2 rings (SSSR count). The van der Waals surface area contributed by atoms with Gasteiger partial charge in [0.15, 0.2) is 5.82 Å². The van der Waals surface area contributed by atoms with Gasteiger partial charge in [-0.25, -0.2) is 4.98 Å². The molecule has 0 radical (unpaired) electrons. The Morgan fingerprint density at radius 3 is 2.35 bits per heavy atom. The SMILES string of the molecule is COc1ccc(-c2nc(C)nc(N)n2)cc1C(C)(C)C. The van der Waals surface area contributed by atoms with Crippen molar-refractivity contribution < 1.29 is 4.74 Å². The van der Waals surface area contributed by atoms with Gasteiger partial charge in [-0.1, -0.05) is 20.8 Å². The van der Waals surface area contributed by atoms with Crippen LogP contribution < -0.4 is 10.5 Å². The summed E-state index contributed by atoms with van der Waals surface area (Å²) >= 11 is 0. The van der Waals surface area contributed by atoms with E-state index in [-0.39, 0.29) is 11.4 Å². The van der Waals surface area contributed by atoms with Gasteiger partial charge in [0, 0.05) is 11.1 Å². The molecular weight excluding hydrogens is 252 g/mol. The minimum atomic E-state index is -0.0328. The van der Waals surface area contributed by atoms with Gasteiger partial charge in [-0.05, 0) is 30.5 Å². The van der Waals surface area contributed by atoms with Gasteiger partial charge in [-0.3, -0.25) is 0 Å². The Hall–Kier alpha value is -2.17. The summed E-state index contributed by atoms with van der Waals surface area (Å²) in [5, 5.41) is 0. The maximum atomic E-state index is 5.69. The molecular formula is C15H20N4O. The van der Waals surface area contributed by atoms with E-state index in [1.54, 1.807) is 14.0 Å². The molecule has 1 heterocycles. The first kappa shape index (κ1) is 14.2. The van der Waals surface area contributed by atoms with Crippen molar-refractivity contribution in [2.24, 2.45) is 0 Å². The number of nitrogens with two attached hydrogens (primary N) is 1. The van der Waals surface area contributed by atoms with Crippen LogP contribution >= 0.6 is 0 Å². The molecule has 0 aliphatic heterocycles. The lowest BCUT2D eigenvalue weighted by Crippen LogP contribution is -2.13. The van der Waals surface area contributed by atoms with Crippen LogP contribution in [0.15, 0.2) is 18.2 Å². The minimum absolute atomic E-state index is 0.0328. The van der Waals surface area contributed by atoms with Crippen molar-refractivity contribution in [3.63, 3.8) is 0 Å². The molecule has 1 aromatic carbocycles. The van der Waals surface area contributed by atoms with Gasteiger partial charge in [0.2, 0.25) is 5.95 Å². The number of methoxy groups -OCH3 is 1. The van der Waals surface area contributed by atoms with E-state index in [4.69, 9.17) is 10.5 Å². The highest BCUT2D eigenvalue weighted by atomic mass is 16.5. The lowest BCUT2D eigenvalue weighted by molar-refractivity contribution is 0.397. The lowest BCUT2D eigenvalue weighted by Gasteiger charge is -2.22. The van der Waals surface area contributed by atoms with Gasteiger partial charge in [-0.2, -0.15) is 9.97 Å². The molecule has 5 nitrogen and oxygen atoms in total. The molecule has 0 amide bonds. The average Bonchev–Trinajstić information content (AvgIpc) is 2.35. The number of aryl methyl sites for hydroxylation is 1. The fourth-order valence-electron chi connectivity index (χ4n) is 2.06. The summed E-state index contributed by atoms with van der Waals surface area (Å²) in [5.74, 6) is 2.30. The molecule has 5 heteroatoms. The number of anilines is 1. The number of rotatable bonds is 2. The number of hydrogen-bond acceptors (Lipinski definition) is 5. The van der Waals surface area contributed by atoms with Gasteiger partial charge in [-0.15, -0.1) is 0 Å². The average molecular weight is 272 g/mol. The van der Waals surface area contributed by atoms with Crippen LogP contribution in [-0.4, -0.2) is 22.1 Å². The number of nitrogens with zero attached hydrogens (tertiary/aromatic N) is 3. The van der Waals surface area contributed by atoms with Crippen LogP contribution in [0.5, 0.6) is 5.75 Å². The fraction of sp³-hybridized carbons (Fsp3) is 0.400. The van der Waals surface area contributed by atoms with Gasteiger partial charge in [0.1, 0.15) is 11.6 Å². The Morgan fingerprint density at radius 1 is 1.10 bits per heavy atom. The van der Waals surface area contributed by atoms with Gasteiger partial charge < -0.3 is 10.5 Å². The lowest BCUT2D eigenvalue weighted by atomic mass is 9.85. The third-order valence-corrected chi connectivity index (χ3v) is 3.03. The summed E-state index contributed by atoms with van der Waals surface area (Å²) in [6.07, 6.45) is 0. The van der Waals surface area contributed by atoms with E-state index < -0.39 is 0 Å². The van der Waals surface area contributed by atoms with E-state index in [1.807, 2.05) is 18.2 Å². The number of ether oxygens (including phenoxy) is 1. The van der Waals surface area contributed by atoms with Crippen LogP contribution in [0.4, 0.5) is 5.95 Å². The Morgan fingerprint density at radius 2 is 1.80 bits per heavy atom. The summed E-state index contributed by atoms with van der Waals surface area (Å²) < 4.78 is 5.43. The molecule has 0 spiro atoms. The molecule has 0 saturated carbocycles. The van der Waals surface area contributed by atoms with Crippen LogP contribution in [0.2, 0.25) is 0 Å². The first-order valence-corrected chi connectivity index (χ1v) is 6.48. The molecule has 0 aliphatic carbocycles. The minimum Gasteiger partial charge on any atom is -0.496 e. The first-order valence-electron chi connectivity index (χ1n) is 6.48. The number of hydrogen-bond donors (Lipinski definition) is 1. The Labute approximate surface area is 119 Å². The van der Waals surface area contributed by atoms with Crippen molar-refractivity contribution in [2.45, 2.75) is 33.1 Å². The first-order chi connectivity index (χ1) is 9.31. The van der Waals surface area contributed by atoms with Crippen LogP contribution in [-0.2, 0) is 5.41 Å². The highest BCUT2D eigenvalue weighted by Gasteiger charge is 2.20. The summed E-state index contributed by atoms with van der Waals surface area (Å²) in [4.78, 5) is 12.5. The smallest absolute Gasteiger partial charge is 0.223 e. The van der Waals surface area contributed by atoms with E-state index in [9.17, 15) is 0 Å². The maximum absolute atomic E-state index is 5.69. The molecule has 0 bridgehead atoms. The monoisotopic (exact) mass is 272 g/mol. The molecule has 0 fully saturated rings. The molecule has 106 valence electrons. The normalized spacial score (nSPS) is 11.4. The van der Waals surface area contributed by atoms with E-state index in [0.29, 0.717) is 11.6 Å². The van der Waals surface area contributed by atoms with Crippen LogP contribution in [0.25, 0.3) is 11.4 Å². The van der Waals surface area contributed by atoms with Crippen molar-refractivity contribution in [1.29, 1.82) is 0 Å². The van der Waals surface area contributed by atoms with Crippen LogP contribution in [0.3, 0.4) is 0 Å². The Balaban J connectivity index is 2.58. The van der Waals surface area contributed by atoms with Crippen molar-refractivity contribution >= 4 is 5.95 Å². The molecule has 0 unspecified atom stereocenters. The van der Waals surface area contributed by atoms with Crippen LogP contribution in [0.1, 0.15) is 32.2 Å². The second-order valence-electron chi connectivity index (χ2n) is 5.73. The molecule has 1 aromatic heterocycles. The standard InChI is InChI=1S/C15H20N4O/c1-9-17-13(19-14(16)18-9)10-6-7-12(20-5)11(8-10)15(2,3)4/h6-8H,1-5H3,(H2,16,17,18,19). The van der Waals surface area contributed by atoms with E-state index >= 15 is 0 Å². The largest absolute Gasteiger partial charge is 0.496 e. The van der Waals surface area contributed by atoms with Gasteiger partial charge >= 0.3 is 0 Å². The topological polar surface area (TPSA) is 73.9 Å². The molecule has 0 atom stereocenters. The number of benzene rings is 1. The van der Waals surface area contributed by atoms with Crippen molar-refractivity contribution in [3.05, 3.63) is 29.6 Å². The zero-order valence-corrected chi connectivity index (χ0v) is 12.6. The summed E-state index contributed by atoms with van der Waals surface area (Å²) in [6.45, 7) is 8.22. The zero-order valence-electron chi connectivity index (χ0n) is 12.6. The second-order valence-corrected chi connectivity index (χ2v) is 5.73. The van der Waals surface area contributed by atoms with Crippen molar-refractivity contribution in [1.82, 2.24) is 15.0 Å². The van der Waals surface area contributed by atoms with E-state index in [1.165, 1.54) is 0 Å². The predicted octanol–water partition coefficient (Wildman–Crippen LogP) is 2.74. The fourth-order valence-corrected chi connectivity index (χ4v) is 2.06. The molecule has 2 N–H and O–H groups in total. The summed E-state index contributed by atoms with van der Waals surface area (Å²) in [6, 6.07) is 5.92. The highest BCUT2D eigenvalue weighted by Crippen LogP contribution is 2.34. The second kappa shape index (κ2) is 5.07. The Bertz CT molecular complexity index is 612. The molecule has 2 aromatic rings. The summed E-state index contributed by atoms with van der Waals surface area (Å²) in [7, 11) is 1.68. The van der Waals surface area contributed by atoms with Crippen molar-refractivity contribution in [3.8, 4) is 17.1 Å². The quantitative estimate of drug-likeness (QED) is 0.909. The van der Waals surface area contributed by atoms with E-state index in [0.717, 1.165) is 16.9 Å². The zero-order chi connectivity index (χ0) is 14.9. The third-order valence-electron chi connectivity index (χ3n) is 3.03. The highest BCUT2D eigenvalue weighted by molar-refractivity contribution is 5.60. The van der Waals surface area contributed by atoms with Gasteiger partial charge in [0.25, 0.3) is 0 Å². The third kappa shape index (κ3) is 2.87. The molecule has 0 aliphatic rings. The maximum Gasteiger partial charge on any atom is 0.223 e. The van der Waals surface area contributed by atoms with Crippen LogP contribution in [0, 0.1) is 6.92 Å². The molecule has 20 heavy (non-hydrogen) atoms. The van der Waals surface area contributed by atoms with E-state index in [2.05, 4.69) is 35.7 Å².